The van der Waals surface area contributed by atoms with Crippen LogP contribution < -0.4 is 10.2 Å². The van der Waals surface area contributed by atoms with Crippen LogP contribution in [0.25, 0.3) is 22.2 Å². The number of aromatic nitrogens is 1. The molecular formula is C32H48ClN3O2S. The molecular weight excluding hydrogens is 526 g/mol. The number of benzene rings is 2. The van der Waals surface area contributed by atoms with E-state index in [-0.39, 0.29) is 18.2 Å². The highest BCUT2D eigenvalue weighted by atomic mass is 35.5. The van der Waals surface area contributed by atoms with E-state index in [1.165, 1.54) is 70.6 Å². The molecule has 1 N–H and O–H groups in total. The van der Waals surface area contributed by atoms with Crippen LogP contribution >= 0.6 is 12.4 Å². The van der Waals surface area contributed by atoms with Crippen molar-refractivity contribution in [3.05, 3.63) is 66.0 Å². The lowest BCUT2D eigenvalue weighted by atomic mass is 10.0. The molecule has 0 amide bonds. The fraction of sp³-hybridized carbons (Fsp3) is 0.531. The third-order valence-corrected chi connectivity index (χ3v) is 8.51. The largest absolute Gasteiger partial charge is 0.344 e. The van der Waals surface area contributed by atoms with E-state index < -0.39 is 10.0 Å². The predicted molar refractivity (Wildman–Crippen MR) is 168 cm³/mol. The normalized spacial score (nSPS) is 12.0. The van der Waals surface area contributed by atoms with Crippen molar-refractivity contribution in [3.63, 3.8) is 0 Å². The number of pyridine rings is 1. The molecule has 0 spiro atoms. The van der Waals surface area contributed by atoms with Crippen LogP contribution in [0.2, 0.25) is 0 Å². The minimum Gasteiger partial charge on any atom is -0.344 e. The third-order valence-electron chi connectivity index (χ3n) is 7.32. The van der Waals surface area contributed by atoms with Crippen LogP contribution in [0.15, 0.2) is 65.8 Å². The standard InChI is InChI=1S/C32H47N3O2S.ClH/c1-3-4-5-6-7-8-9-10-11-12-13-14-15-21-26-38(36,37)34-33-30-27-32(28-22-17-16-18-23-28)35(2)31-25-20-19-24-29(30)31;/h16-20,22-25,27,34H,3-15,21,26H2,1-2H3;1H/b33-30+;. The first-order valence-electron chi connectivity index (χ1n) is 14.7. The number of halogens is 1. The molecule has 3 aromatic rings. The summed E-state index contributed by atoms with van der Waals surface area (Å²) >= 11 is 0. The van der Waals surface area contributed by atoms with Gasteiger partial charge in [-0.2, -0.15) is 5.10 Å². The van der Waals surface area contributed by atoms with Gasteiger partial charge >= 0.3 is 0 Å². The molecule has 7 heteroatoms. The van der Waals surface area contributed by atoms with Gasteiger partial charge in [-0.3, -0.25) is 0 Å². The van der Waals surface area contributed by atoms with Crippen molar-refractivity contribution in [3.8, 4) is 11.3 Å². The number of aryl methyl sites for hydroxylation is 1. The Morgan fingerprint density at radius 1 is 0.718 bits per heavy atom. The zero-order valence-corrected chi connectivity index (χ0v) is 25.5. The quantitative estimate of drug-likeness (QED) is 0.122. The first kappa shape index (κ1) is 32.9. The highest BCUT2D eigenvalue weighted by molar-refractivity contribution is 7.89. The van der Waals surface area contributed by atoms with Crippen molar-refractivity contribution in [2.24, 2.45) is 12.1 Å². The lowest BCUT2D eigenvalue weighted by Crippen LogP contribution is -2.25. The first-order chi connectivity index (χ1) is 18.5. The molecule has 216 valence electrons. The Morgan fingerprint density at radius 2 is 1.23 bits per heavy atom. The van der Waals surface area contributed by atoms with Gasteiger partial charge in [0.1, 0.15) is 0 Å². The minimum atomic E-state index is -3.48. The number of nitrogens with one attached hydrogen (secondary N) is 1. The van der Waals surface area contributed by atoms with E-state index >= 15 is 0 Å². The first-order valence-corrected chi connectivity index (χ1v) is 16.3. The topological polar surface area (TPSA) is 63.5 Å². The summed E-state index contributed by atoms with van der Waals surface area (Å²) in [4.78, 5) is 2.50. The molecule has 0 bridgehead atoms. The monoisotopic (exact) mass is 573 g/mol. The zero-order chi connectivity index (χ0) is 27.1. The van der Waals surface area contributed by atoms with Crippen LogP contribution in [0, 0.1) is 0 Å². The van der Waals surface area contributed by atoms with Gasteiger partial charge in [-0.15, -0.1) is 12.4 Å². The summed E-state index contributed by atoms with van der Waals surface area (Å²) in [6.07, 6.45) is 17.4. The van der Waals surface area contributed by atoms with E-state index in [0.29, 0.717) is 11.8 Å². The molecule has 0 saturated carbocycles. The Labute approximate surface area is 242 Å². The number of hydrogen-bond donors (Lipinski definition) is 1. The van der Waals surface area contributed by atoms with E-state index in [9.17, 15) is 8.42 Å². The van der Waals surface area contributed by atoms with Gasteiger partial charge < -0.3 is 4.57 Å². The molecule has 3 rings (SSSR count). The summed E-state index contributed by atoms with van der Waals surface area (Å²) in [5, 5.41) is 5.90. The summed E-state index contributed by atoms with van der Waals surface area (Å²) in [5.41, 5.74) is 3.04. The predicted octanol–water partition coefficient (Wildman–Crippen LogP) is 8.48. The van der Waals surface area contributed by atoms with Gasteiger partial charge in [0.25, 0.3) is 0 Å². The molecule has 5 nitrogen and oxygen atoms in total. The Bertz CT molecular complexity index is 1270. The molecule has 0 fully saturated rings. The SMILES string of the molecule is CCCCCCCCCCCCCCCCS(=O)(=O)N/N=c1\cc(-c2ccccc2)n(C)c2ccccc12.Cl. The van der Waals surface area contributed by atoms with E-state index in [1.54, 1.807) is 0 Å². The Balaban J connectivity index is 0.00000533. The van der Waals surface area contributed by atoms with Crippen molar-refractivity contribution in [1.29, 1.82) is 0 Å². The average Bonchev–Trinajstić information content (AvgIpc) is 2.93. The van der Waals surface area contributed by atoms with Crippen molar-refractivity contribution < 1.29 is 8.42 Å². The second-order valence-electron chi connectivity index (χ2n) is 10.5. The molecule has 0 aliphatic heterocycles. The van der Waals surface area contributed by atoms with Crippen LogP contribution in [0.5, 0.6) is 0 Å². The zero-order valence-electron chi connectivity index (χ0n) is 23.9. The summed E-state index contributed by atoms with van der Waals surface area (Å²) in [6.45, 7) is 2.26. The maximum Gasteiger partial charge on any atom is 0.247 e. The van der Waals surface area contributed by atoms with E-state index in [4.69, 9.17) is 0 Å². The van der Waals surface area contributed by atoms with E-state index in [2.05, 4.69) is 21.4 Å². The number of para-hydroxylation sites is 1. The molecule has 0 unspecified atom stereocenters. The van der Waals surface area contributed by atoms with Crippen molar-refractivity contribution >= 4 is 33.3 Å². The van der Waals surface area contributed by atoms with Gasteiger partial charge in [0, 0.05) is 12.4 Å². The molecule has 0 atom stereocenters. The van der Waals surface area contributed by atoms with Crippen molar-refractivity contribution in [2.75, 3.05) is 5.75 Å². The highest BCUT2D eigenvalue weighted by Gasteiger charge is 2.10. The molecule has 0 saturated heterocycles. The fourth-order valence-electron chi connectivity index (χ4n) is 5.05. The summed E-state index contributed by atoms with van der Waals surface area (Å²) in [5.74, 6) is 0.110. The summed E-state index contributed by atoms with van der Waals surface area (Å²) < 4.78 is 27.5. The molecule has 39 heavy (non-hydrogen) atoms. The second kappa shape index (κ2) is 18.1. The molecule has 0 radical (unpaired) electrons. The molecule has 1 heterocycles. The summed E-state index contributed by atoms with van der Waals surface area (Å²) in [6, 6.07) is 20.0. The van der Waals surface area contributed by atoms with Gasteiger partial charge in [-0.25, -0.2) is 13.2 Å². The maximum atomic E-state index is 12.7. The number of unbranched alkanes of at least 4 members (excludes halogenated alkanes) is 13. The fourth-order valence-corrected chi connectivity index (χ4v) is 5.96. The second-order valence-corrected chi connectivity index (χ2v) is 12.3. The number of hydrogen-bond acceptors (Lipinski definition) is 3. The molecule has 1 aromatic heterocycles. The van der Waals surface area contributed by atoms with E-state index in [0.717, 1.165) is 35.0 Å². The maximum absolute atomic E-state index is 12.7. The van der Waals surface area contributed by atoms with Gasteiger partial charge in [0.05, 0.1) is 22.3 Å². The summed E-state index contributed by atoms with van der Waals surface area (Å²) in [7, 11) is -1.45. The van der Waals surface area contributed by atoms with Crippen LogP contribution in [0.1, 0.15) is 96.8 Å². The van der Waals surface area contributed by atoms with Crippen molar-refractivity contribution in [2.45, 2.75) is 96.8 Å². The van der Waals surface area contributed by atoms with Crippen LogP contribution in [-0.2, 0) is 17.1 Å². The Kier molecular flexibility index (Phi) is 15.3. The van der Waals surface area contributed by atoms with Crippen LogP contribution in [-0.4, -0.2) is 18.7 Å². The molecule has 2 aromatic carbocycles. The highest BCUT2D eigenvalue weighted by Crippen LogP contribution is 2.21. The van der Waals surface area contributed by atoms with Gasteiger partial charge in [-0.1, -0.05) is 139 Å². The van der Waals surface area contributed by atoms with Crippen LogP contribution in [0.4, 0.5) is 0 Å². The Hall–Kier alpha value is -2.31. The lowest BCUT2D eigenvalue weighted by Gasteiger charge is -2.13. The third kappa shape index (κ3) is 11.4. The van der Waals surface area contributed by atoms with E-state index in [1.807, 2.05) is 67.7 Å². The molecule has 0 aliphatic carbocycles. The van der Waals surface area contributed by atoms with Crippen molar-refractivity contribution in [1.82, 2.24) is 9.40 Å². The number of sulfonamides is 1. The average molecular weight is 574 g/mol. The molecule has 0 aliphatic rings. The minimum absolute atomic E-state index is 0. The number of fused-ring (bicyclic) bond motifs is 1. The smallest absolute Gasteiger partial charge is 0.247 e. The van der Waals surface area contributed by atoms with Gasteiger partial charge in [-0.05, 0) is 24.1 Å². The van der Waals surface area contributed by atoms with Crippen LogP contribution in [0.3, 0.4) is 0 Å². The lowest BCUT2D eigenvalue weighted by molar-refractivity contribution is 0.536. The number of rotatable bonds is 18. The number of nitrogens with zero attached hydrogens (tertiary/aromatic N) is 2. The van der Waals surface area contributed by atoms with Gasteiger partial charge in [0.15, 0.2) is 0 Å². The Morgan fingerprint density at radius 3 is 1.82 bits per heavy atom. The van der Waals surface area contributed by atoms with Gasteiger partial charge in [0.2, 0.25) is 10.0 Å².